The van der Waals surface area contributed by atoms with Crippen LogP contribution in [0.3, 0.4) is 0 Å². The summed E-state index contributed by atoms with van der Waals surface area (Å²) in [5.74, 6) is 0.737. The second kappa shape index (κ2) is 5.08. The zero-order valence-corrected chi connectivity index (χ0v) is 10.2. The van der Waals surface area contributed by atoms with Gasteiger partial charge >= 0.3 is 0 Å². The highest BCUT2D eigenvalue weighted by Crippen LogP contribution is 2.27. The van der Waals surface area contributed by atoms with Crippen LogP contribution in [-0.4, -0.2) is 11.0 Å². The maximum absolute atomic E-state index is 6.25. The average molecular weight is 224 g/mol. The Morgan fingerprint density at radius 1 is 1.47 bits per heavy atom. The molecule has 0 spiro atoms. The van der Waals surface area contributed by atoms with Crippen LogP contribution in [0.25, 0.3) is 0 Å². The summed E-state index contributed by atoms with van der Waals surface area (Å²) in [6, 6.07) is 0.326. The molecule has 2 rings (SSSR count). The van der Waals surface area contributed by atoms with E-state index in [0.29, 0.717) is 6.04 Å². The molecule has 1 aromatic rings. The summed E-state index contributed by atoms with van der Waals surface area (Å²) in [4.78, 5) is 4.48. The lowest BCUT2D eigenvalue weighted by Gasteiger charge is -2.26. The van der Waals surface area contributed by atoms with Crippen molar-refractivity contribution in [3.05, 3.63) is 16.1 Å². The van der Waals surface area contributed by atoms with Gasteiger partial charge in [0, 0.05) is 17.8 Å². The molecule has 0 amide bonds. The first kappa shape index (κ1) is 11.1. The lowest BCUT2D eigenvalue weighted by molar-refractivity contribution is 0.302. The number of nitrogens with zero attached hydrogens (tertiary/aromatic N) is 1. The minimum absolute atomic E-state index is 0.326. The lowest BCUT2D eigenvalue weighted by atomic mass is 9.83. The van der Waals surface area contributed by atoms with E-state index in [9.17, 15) is 0 Å². The van der Waals surface area contributed by atoms with E-state index in [1.807, 2.05) is 0 Å². The molecule has 1 aliphatic rings. The standard InChI is InChI=1S/C12H20N2S/c1-9-14-11(8-15-9)7-12(13)10-5-3-2-4-6-10/h8,10,12H,2-7,13H2,1H3. The van der Waals surface area contributed by atoms with Gasteiger partial charge in [0.2, 0.25) is 0 Å². The zero-order valence-electron chi connectivity index (χ0n) is 9.41. The van der Waals surface area contributed by atoms with Crippen LogP contribution in [0, 0.1) is 12.8 Å². The first-order valence-electron chi connectivity index (χ1n) is 5.92. The Morgan fingerprint density at radius 3 is 2.80 bits per heavy atom. The van der Waals surface area contributed by atoms with Gasteiger partial charge < -0.3 is 5.73 Å². The number of hydrogen-bond acceptors (Lipinski definition) is 3. The normalized spacial score (nSPS) is 20.4. The van der Waals surface area contributed by atoms with Crippen molar-refractivity contribution < 1.29 is 0 Å². The first-order valence-corrected chi connectivity index (χ1v) is 6.80. The van der Waals surface area contributed by atoms with E-state index >= 15 is 0 Å². The van der Waals surface area contributed by atoms with Gasteiger partial charge in [-0.25, -0.2) is 4.98 Å². The van der Waals surface area contributed by atoms with Crippen LogP contribution in [-0.2, 0) is 6.42 Å². The molecule has 1 aliphatic carbocycles. The molecule has 15 heavy (non-hydrogen) atoms. The molecule has 2 N–H and O–H groups in total. The third-order valence-electron chi connectivity index (χ3n) is 3.37. The van der Waals surface area contributed by atoms with Crippen molar-refractivity contribution >= 4 is 11.3 Å². The lowest BCUT2D eigenvalue weighted by Crippen LogP contribution is -2.33. The highest BCUT2D eigenvalue weighted by atomic mass is 32.1. The van der Waals surface area contributed by atoms with Crippen LogP contribution in [0.1, 0.15) is 42.8 Å². The fourth-order valence-electron chi connectivity index (χ4n) is 2.47. The van der Waals surface area contributed by atoms with Crippen molar-refractivity contribution in [1.82, 2.24) is 4.98 Å². The van der Waals surface area contributed by atoms with Crippen LogP contribution in [0.5, 0.6) is 0 Å². The van der Waals surface area contributed by atoms with Crippen molar-refractivity contribution in [3.63, 3.8) is 0 Å². The molecule has 1 atom stereocenters. The molecule has 1 saturated carbocycles. The fourth-order valence-corrected chi connectivity index (χ4v) is 3.10. The van der Waals surface area contributed by atoms with Crippen LogP contribution in [0.2, 0.25) is 0 Å². The van der Waals surface area contributed by atoms with Crippen LogP contribution < -0.4 is 5.73 Å². The number of rotatable bonds is 3. The van der Waals surface area contributed by atoms with Crippen LogP contribution in [0.15, 0.2) is 5.38 Å². The molecular weight excluding hydrogens is 204 g/mol. The number of aromatic nitrogens is 1. The minimum atomic E-state index is 0.326. The van der Waals surface area contributed by atoms with Gasteiger partial charge in [-0.15, -0.1) is 11.3 Å². The largest absolute Gasteiger partial charge is 0.327 e. The van der Waals surface area contributed by atoms with Gasteiger partial charge in [-0.1, -0.05) is 19.3 Å². The maximum Gasteiger partial charge on any atom is 0.0897 e. The molecule has 2 nitrogen and oxygen atoms in total. The van der Waals surface area contributed by atoms with Gasteiger partial charge in [0.15, 0.2) is 0 Å². The molecule has 0 aliphatic heterocycles. The van der Waals surface area contributed by atoms with E-state index in [2.05, 4.69) is 17.3 Å². The molecule has 1 heterocycles. The summed E-state index contributed by atoms with van der Waals surface area (Å²) in [5.41, 5.74) is 7.44. The monoisotopic (exact) mass is 224 g/mol. The summed E-state index contributed by atoms with van der Waals surface area (Å²) in [6.07, 6.45) is 7.76. The smallest absolute Gasteiger partial charge is 0.0897 e. The van der Waals surface area contributed by atoms with E-state index < -0.39 is 0 Å². The maximum atomic E-state index is 6.25. The van der Waals surface area contributed by atoms with Crippen molar-refractivity contribution in [1.29, 1.82) is 0 Å². The summed E-state index contributed by atoms with van der Waals surface area (Å²) in [7, 11) is 0. The summed E-state index contributed by atoms with van der Waals surface area (Å²) in [6.45, 7) is 2.06. The number of nitrogens with two attached hydrogens (primary N) is 1. The fraction of sp³-hybridized carbons (Fsp3) is 0.750. The summed E-state index contributed by atoms with van der Waals surface area (Å²) >= 11 is 1.73. The minimum Gasteiger partial charge on any atom is -0.327 e. The van der Waals surface area contributed by atoms with E-state index in [0.717, 1.165) is 17.3 Å². The van der Waals surface area contributed by atoms with Crippen molar-refractivity contribution in [2.24, 2.45) is 11.7 Å². The molecule has 0 saturated heterocycles. The predicted molar refractivity (Wildman–Crippen MR) is 65.1 cm³/mol. The van der Waals surface area contributed by atoms with Gasteiger partial charge in [-0.2, -0.15) is 0 Å². The Kier molecular flexibility index (Phi) is 3.76. The van der Waals surface area contributed by atoms with Gasteiger partial charge in [-0.05, 0) is 25.7 Å². The zero-order chi connectivity index (χ0) is 10.7. The molecule has 1 unspecified atom stereocenters. The number of aryl methyl sites for hydroxylation is 1. The molecule has 3 heteroatoms. The quantitative estimate of drug-likeness (QED) is 0.857. The number of hydrogen-bond donors (Lipinski definition) is 1. The van der Waals surface area contributed by atoms with Crippen molar-refractivity contribution in [2.75, 3.05) is 0 Å². The molecule has 1 aromatic heterocycles. The van der Waals surface area contributed by atoms with E-state index in [1.54, 1.807) is 11.3 Å². The van der Waals surface area contributed by atoms with E-state index in [-0.39, 0.29) is 0 Å². The van der Waals surface area contributed by atoms with Gasteiger partial charge in [0.25, 0.3) is 0 Å². The van der Waals surface area contributed by atoms with E-state index in [4.69, 9.17) is 5.73 Å². The molecule has 0 bridgehead atoms. The Labute approximate surface area is 95.9 Å². The first-order chi connectivity index (χ1) is 7.25. The topological polar surface area (TPSA) is 38.9 Å². The third-order valence-corrected chi connectivity index (χ3v) is 4.19. The predicted octanol–water partition coefficient (Wildman–Crippen LogP) is 2.90. The van der Waals surface area contributed by atoms with Crippen LogP contribution in [0.4, 0.5) is 0 Å². The molecule has 1 fully saturated rings. The Hall–Kier alpha value is -0.410. The highest BCUT2D eigenvalue weighted by Gasteiger charge is 2.21. The highest BCUT2D eigenvalue weighted by molar-refractivity contribution is 7.09. The average Bonchev–Trinajstić information content (AvgIpc) is 2.65. The molecule has 0 aromatic carbocycles. The number of thiazole rings is 1. The SMILES string of the molecule is Cc1nc(CC(N)C2CCCCC2)cs1. The second-order valence-electron chi connectivity index (χ2n) is 4.62. The van der Waals surface area contributed by atoms with Gasteiger partial charge in [0.1, 0.15) is 0 Å². The summed E-state index contributed by atoms with van der Waals surface area (Å²) < 4.78 is 0. The Bertz CT molecular complexity index is 302. The van der Waals surface area contributed by atoms with Gasteiger partial charge in [0.05, 0.1) is 10.7 Å². The second-order valence-corrected chi connectivity index (χ2v) is 5.69. The molecule has 84 valence electrons. The van der Waals surface area contributed by atoms with Crippen molar-refractivity contribution in [2.45, 2.75) is 51.5 Å². The Morgan fingerprint density at radius 2 is 2.20 bits per heavy atom. The van der Waals surface area contributed by atoms with E-state index in [1.165, 1.54) is 37.8 Å². The van der Waals surface area contributed by atoms with Crippen LogP contribution >= 0.6 is 11.3 Å². The van der Waals surface area contributed by atoms with Crippen molar-refractivity contribution in [3.8, 4) is 0 Å². The third kappa shape index (κ3) is 3.02. The molecule has 0 radical (unpaired) electrons. The molecular formula is C12H20N2S. The van der Waals surface area contributed by atoms with Gasteiger partial charge in [-0.3, -0.25) is 0 Å². The Balaban J connectivity index is 1.88. The summed E-state index contributed by atoms with van der Waals surface area (Å²) in [5, 5.41) is 3.30.